The molecular formula is C13H14ClFN2S. The number of thiazole rings is 1. The lowest BCUT2D eigenvalue weighted by atomic mass is 10.0. The van der Waals surface area contributed by atoms with Gasteiger partial charge in [0.1, 0.15) is 5.82 Å². The van der Waals surface area contributed by atoms with Crippen LogP contribution in [-0.2, 0) is 6.42 Å². The highest BCUT2D eigenvalue weighted by atomic mass is 35.5. The summed E-state index contributed by atoms with van der Waals surface area (Å²) in [6.07, 6.45) is 0.649. The average Bonchev–Trinajstić information content (AvgIpc) is 2.77. The van der Waals surface area contributed by atoms with Crippen LogP contribution in [0.5, 0.6) is 0 Å². The van der Waals surface area contributed by atoms with Crippen LogP contribution < -0.4 is 5.32 Å². The van der Waals surface area contributed by atoms with Crippen LogP contribution in [0.3, 0.4) is 0 Å². The van der Waals surface area contributed by atoms with Crippen molar-refractivity contribution in [3.8, 4) is 0 Å². The SMILES string of the molecule is CNC(Cc1cccc(F)c1Cl)c1scnc1C. The van der Waals surface area contributed by atoms with Crippen molar-refractivity contribution in [3.05, 3.63) is 50.7 Å². The number of likely N-dealkylation sites (N-methyl/N-ethyl adjacent to an activating group) is 1. The maximum atomic E-state index is 13.4. The van der Waals surface area contributed by atoms with Gasteiger partial charge in [-0.15, -0.1) is 11.3 Å². The molecule has 0 saturated carbocycles. The summed E-state index contributed by atoms with van der Waals surface area (Å²) in [5.41, 5.74) is 3.64. The Labute approximate surface area is 115 Å². The first kappa shape index (κ1) is 13.5. The topological polar surface area (TPSA) is 24.9 Å². The van der Waals surface area contributed by atoms with Crippen molar-refractivity contribution >= 4 is 22.9 Å². The fourth-order valence-electron chi connectivity index (χ4n) is 1.90. The summed E-state index contributed by atoms with van der Waals surface area (Å²) in [5, 5.41) is 3.44. The van der Waals surface area contributed by atoms with Crippen molar-refractivity contribution < 1.29 is 4.39 Å². The Balaban J connectivity index is 2.26. The van der Waals surface area contributed by atoms with Crippen LogP contribution in [0, 0.1) is 12.7 Å². The lowest BCUT2D eigenvalue weighted by Gasteiger charge is -2.16. The van der Waals surface area contributed by atoms with E-state index in [4.69, 9.17) is 11.6 Å². The van der Waals surface area contributed by atoms with E-state index in [0.29, 0.717) is 6.42 Å². The van der Waals surface area contributed by atoms with Gasteiger partial charge in [-0.25, -0.2) is 9.37 Å². The number of nitrogens with zero attached hydrogens (tertiary/aromatic N) is 1. The van der Waals surface area contributed by atoms with Crippen LogP contribution in [0.1, 0.15) is 22.2 Å². The highest BCUT2D eigenvalue weighted by Gasteiger charge is 2.17. The first-order chi connectivity index (χ1) is 8.63. The molecule has 2 nitrogen and oxygen atoms in total. The number of hydrogen-bond donors (Lipinski definition) is 1. The van der Waals surface area contributed by atoms with E-state index in [2.05, 4.69) is 10.3 Å². The maximum Gasteiger partial charge on any atom is 0.142 e. The molecular weight excluding hydrogens is 271 g/mol. The van der Waals surface area contributed by atoms with Gasteiger partial charge in [-0.05, 0) is 32.0 Å². The van der Waals surface area contributed by atoms with Crippen molar-refractivity contribution in [2.45, 2.75) is 19.4 Å². The molecule has 18 heavy (non-hydrogen) atoms. The standard InChI is InChI=1S/C13H14ClFN2S/c1-8-13(18-7-17-8)11(16-2)6-9-4-3-5-10(15)12(9)14/h3-5,7,11,16H,6H2,1-2H3. The van der Waals surface area contributed by atoms with Crippen LogP contribution in [0.25, 0.3) is 0 Å². The summed E-state index contributed by atoms with van der Waals surface area (Å²) in [7, 11) is 1.89. The third-order valence-corrected chi connectivity index (χ3v) is 4.37. The molecule has 0 aliphatic heterocycles. The Hall–Kier alpha value is -0.970. The summed E-state index contributed by atoms with van der Waals surface area (Å²) in [4.78, 5) is 5.40. The van der Waals surface area contributed by atoms with Crippen LogP contribution in [0.15, 0.2) is 23.7 Å². The molecule has 1 unspecified atom stereocenters. The van der Waals surface area contributed by atoms with Gasteiger partial charge in [-0.1, -0.05) is 23.7 Å². The Bertz CT molecular complexity index is 542. The Morgan fingerprint density at radius 3 is 2.89 bits per heavy atom. The Kier molecular flexibility index (Phi) is 4.32. The Morgan fingerprint density at radius 2 is 2.28 bits per heavy atom. The molecule has 1 heterocycles. The molecule has 5 heteroatoms. The highest BCUT2D eigenvalue weighted by Crippen LogP contribution is 2.28. The molecule has 0 fully saturated rings. The van der Waals surface area contributed by atoms with E-state index in [9.17, 15) is 4.39 Å². The first-order valence-corrected chi connectivity index (χ1v) is 6.89. The van der Waals surface area contributed by atoms with E-state index in [1.165, 1.54) is 6.07 Å². The van der Waals surface area contributed by atoms with Gasteiger partial charge in [0, 0.05) is 10.9 Å². The normalized spacial score (nSPS) is 12.7. The largest absolute Gasteiger partial charge is 0.312 e. The number of halogens is 2. The van der Waals surface area contributed by atoms with Gasteiger partial charge >= 0.3 is 0 Å². The molecule has 1 N–H and O–H groups in total. The van der Waals surface area contributed by atoms with Gasteiger partial charge in [-0.3, -0.25) is 0 Å². The summed E-state index contributed by atoms with van der Waals surface area (Å²) in [6.45, 7) is 1.98. The smallest absolute Gasteiger partial charge is 0.142 e. The monoisotopic (exact) mass is 284 g/mol. The van der Waals surface area contributed by atoms with E-state index in [1.54, 1.807) is 17.4 Å². The zero-order chi connectivity index (χ0) is 13.1. The fourth-order valence-corrected chi connectivity index (χ4v) is 3.01. The van der Waals surface area contributed by atoms with Gasteiger partial charge in [-0.2, -0.15) is 0 Å². The number of hydrogen-bond acceptors (Lipinski definition) is 3. The summed E-state index contributed by atoms with van der Waals surface area (Å²) in [6, 6.07) is 5.02. The number of nitrogens with one attached hydrogen (secondary N) is 1. The molecule has 0 amide bonds. The lowest BCUT2D eigenvalue weighted by molar-refractivity contribution is 0.589. The molecule has 2 rings (SSSR count). The second kappa shape index (κ2) is 5.78. The fraction of sp³-hybridized carbons (Fsp3) is 0.308. The molecule has 0 bridgehead atoms. The maximum absolute atomic E-state index is 13.4. The number of rotatable bonds is 4. The second-order valence-corrected chi connectivity index (χ2v) is 5.32. The van der Waals surface area contributed by atoms with Crippen LogP contribution in [0.4, 0.5) is 4.39 Å². The van der Waals surface area contributed by atoms with Gasteiger partial charge < -0.3 is 5.32 Å². The van der Waals surface area contributed by atoms with Gasteiger partial charge in [0.15, 0.2) is 0 Å². The van der Waals surface area contributed by atoms with E-state index < -0.39 is 0 Å². The lowest BCUT2D eigenvalue weighted by Crippen LogP contribution is -2.19. The van der Waals surface area contributed by atoms with Crippen LogP contribution >= 0.6 is 22.9 Å². The Morgan fingerprint density at radius 1 is 1.50 bits per heavy atom. The molecule has 0 spiro atoms. The van der Waals surface area contributed by atoms with E-state index in [-0.39, 0.29) is 16.9 Å². The van der Waals surface area contributed by atoms with Gasteiger partial charge in [0.25, 0.3) is 0 Å². The molecule has 0 saturated heterocycles. The second-order valence-electron chi connectivity index (χ2n) is 4.06. The van der Waals surface area contributed by atoms with Crippen molar-refractivity contribution in [2.75, 3.05) is 7.05 Å². The predicted octanol–water partition coefficient (Wildman–Crippen LogP) is 3.75. The van der Waals surface area contributed by atoms with Crippen LogP contribution in [0.2, 0.25) is 5.02 Å². The van der Waals surface area contributed by atoms with Crippen molar-refractivity contribution in [1.29, 1.82) is 0 Å². The molecule has 0 aliphatic rings. The molecule has 1 aromatic heterocycles. The van der Waals surface area contributed by atoms with Gasteiger partial charge in [0.2, 0.25) is 0 Å². The molecule has 0 aliphatic carbocycles. The third-order valence-electron chi connectivity index (χ3n) is 2.90. The van der Waals surface area contributed by atoms with E-state index >= 15 is 0 Å². The molecule has 2 aromatic rings. The average molecular weight is 285 g/mol. The predicted molar refractivity (Wildman–Crippen MR) is 73.8 cm³/mol. The number of aryl methyl sites for hydroxylation is 1. The first-order valence-electron chi connectivity index (χ1n) is 5.63. The minimum atomic E-state index is -0.370. The summed E-state index contributed by atoms with van der Waals surface area (Å²) >= 11 is 7.58. The molecule has 96 valence electrons. The van der Waals surface area contributed by atoms with Gasteiger partial charge in [0.05, 0.1) is 16.2 Å². The van der Waals surface area contributed by atoms with Crippen LogP contribution in [-0.4, -0.2) is 12.0 Å². The molecule has 0 radical (unpaired) electrons. The molecule has 1 aromatic carbocycles. The minimum Gasteiger partial charge on any atom is -0.312 e. The summed E-state index contributed by atoms with van der Waals surface area (Å²) < 4.78 is 13.4. The number of benzene rings is 1. The zero-order valence-corrected chi connectivity index (χ0v) is 11.8. The van der Waals surface area contributed by atoms with E-state index in [1.807, 2.05) is 25.5 Å². The van der Waals surface area contributed by atoms with E-state index in [0.717, 1.165) is 16.1 Å². The molecule has 1 atom stereocenters. The third kappa shape index (κ3) is 2.71. The highest BCUT2D eigenvalue weighted by molar-refractivity contribution is 7.09. The minimum absolute atomic E-state index is 0.108. The van der Waals surface area contributed by atoms with Crippen molar-refractivity contribution in [2.24, 2.45) is 0 Å². The quantitative estimate of drug-likeness (QED) is 0.925. The summed E-state index contributed by atoms with van der Waals surface area (Å²) in [5.74, 6) is -0.370. The number of aromatic nitrogens is 1. The van der Waals surface area contributed by atoms with Crippen molar-refractivity contribution in [1.82, 2.24) is 10.3 Å². The van der Waals surface area contributed by atoms with Crippen molar-refractivity contribution in [3.63, 3.8) is 0 Å². The zero-order valence-electron chi connectivity index (χ0n) is 10.2.